The monoisotopic (exact) mass is 261 g/mol. The van der Waals surface area contributed by atoms with Gasteiger partial charge in [-0.1, -0.05) is 17.3 Å². The molecule has 5 heteroatoms. The molecule has 1 saturated heterocycles. The van der Waals surface area contributed by atoms with Crippen LogP contribution in [-0.4, -0.2) is 27.9 Å². The molecule has 2 heterocycles. The quantitative estimate of drug-likeness (QED) is 0.851. The van der Waals surface area contributed by atoms with Crippen LogP contribution in [0.4, 0.5) is 0 Å². The largest absolute Gasteiger partial charge is 0.497 e. The third kappa shape index (κ3) is 2.22. The van der Waals surface area contributed by atoms with Crippen molar-refractivity contribution < 1.29 is 4.74 Å². The molecule has 1 unspecified atom stereocenters. The summed E-state index contributed by atoms with van der Waals surface area (Å²) in [5.41, 5.74) is 1.95. The number of rotatable bonds is 3. The molecular formula is C13H15N3OS. The number of benzene rings is 1. The Hall–Kier alpha value is -1.49. The maximum absolute atomic E-state index is 5.22. The fourth-order valence-electron chi connectivity index (χ4n) is 2.10. The van der Waals surface area contributed by atoms with E-state index in [0.717, 1.165) is 17.0 Å². The highest BCUT2D eigenvalue weighted by molar-refractivity contribution is 7.99. The lowest BCUT2D eigenvalue weighted by Gasteiger charge is -2.06. The van der Waals surface area contributed by atoms with Crippen molar-refractivity contribution in [3.8, 4) is 17.0 Å². The van der Waals surface area contributed by atoms with Crippen LogP contribution in [0.15, 0.2) is 30.5 Å². The van der Waals surface area contributed by atoms with Gasteiger partial charge >= 0.3 is 0 Å². The van der Waals surface area contributed by atoms with Gasteiger partial charge in [-0.25, -0.2) is 4.68 Å². The van der Waals surface area contributed by atoms with E-state index in [-0.39, 0.29) is 0 Å². The van der Waals surface area contributed by atoms with E-state index < -0.39 is 0 Å². The van der Waals surface area contributed by atoms with Crippen LogP contribution < -0.4 is 4.74 Å². The zero-order valence-electron chi connectivity index (χ0n) is 10.2. The first kappa shape index (κ1) is 11.6. The average molecular weight is 261 g/mol. The second-order valence-electron chi connectivity index (χ2n) is 4.28. The van der Waals surface area contributed by atoms with Gasteiger partial charge in [0.1, 0.15) is 11.4 Å². The molecule has 3 rings (SSSR count). The van der Waals surface area contributed by atoms with Gasteiger partial charge in [-0.3, -0.25) is 0 Å². The maximum atomic E-state index is 5.22. The van der Waals surface area contributed by atoms with Crippen LogP contribution >= 0.6 is 11.8 Å². The predicted octanol–water partition coefficient (Wildman–Crippen LogP) is 2.98. The van der Waals surface area contributed by atoms with E-state index >= 15 is 0 Å². The molecule has 18 heavy (non-hydrogen) atoms. The summed E-state index contributed by atoms with van der Waals surface area (Å²) in [5, 5.41) is 8.94. The molecular weight excluding hydrogens is 246 g/mol. The van der Waals surface area contributed by atoms with E-state index in [1.54, 1.807) is 7.11 Å². The van der Waals surface area contributed by atoms with E-state index in [9.17, 15) is 0 Å². The molecule has 0 aliphatic carbocycles. The first-order chi connectivity index (χ1) is 8.86. The first-order valence-electron chi connectivity index (χ1n) is 6.05. The Morgan fingerprint density at radius 1 is 1.44 bits per heavy atom. The van der Waals surface area contributed by atoms with Crippen molar-refractivity contribution in [2.24, 2.45) is 0 Å². The summed E-state index contributed by atoms with van der Waals surface area (Å²) >= 11 is 1.95. The summed E-state index contributed by atoms with van der Waals surface area (Å²) in [4.78, 5) is 0. The van der Waals surface area contributed by atoms with Gasteiger partial charge in [0.25, 0.3) is 0 Å². The van der Waals surface area contributed by atoms with Gasteiger partial charge in [0.15, 0.2) is 0 Å². The lowest BCUT2D eigenvalue weighted by molar-refractivity contribution is 0.415. The fourth-order valence-corrected chi connectivity index (χ4v) is 3.30. The van der Waals surface area contributed by atoms with Gasteiger partial charge in [-0.15, -0.1) is 16.9 Å². The van der Waals surface area contributed by atoms with Crippen molar-refractivity contribution in [1.82, 2.24) is 15.0 Å². The highest BCUT2D eigenvalue weighted by Crippen LogP contribution is 2.35. The van der Waals surface area contributed by atoms with Crippen LogP contribution in [0.5, 0.6) is 5.75 Å². The van der Waals surface area contributed by atoms with E-state index in [1.807, 2.05) is 46.9 Å². The SMILES string of the molecule is COc1cccc(-c2cn(C3CCCS3)nn2)c1. The topological polar surface area (TPSA) is 39.9 Å². The minimum atomic E-state index is 0.455. The van der Waals surface area contributed by atoms with Crippen molar-refractivity contribution in [2.45, 2.75) is 18.2 Å². The molecule has 1 fully saturated rings. The molecule has 1 aromatic carbocycles. The van der Waals surface area contributed by atoms with E-state index in [2.05, 4.69) is 10.3 Å². The number of methoxy groups -OCH3 is 1. The zero-order chi connectivity index (χ0) is 12.4. The molecule has 4 nitrogen and oxygen atoms in total. The number of hydrogen-bond acceptors (Lipinski definition) is 4. The van der Waals surface area contributed by atoms with E-state index in [0.29, 0.717) is 5.37 Å². The fraction of sp³-hybridized carbons (Fsp3) is 0.385. The van der Waals surface area contributed by atoms with Crippen molar-refractivity contribution in [1.29, 1.82) is 0 Å². The Labute approximate surface area is 110 Å². The highest BCUT2D eigenvalue weighted by Gasteiger charge is 2.19. The van der Waals surface area contributed by atoms with Gasteiger partial charge in [0, 0.05) is 5.56 Å². The van der Waals surface area contributed by atoms with E-state index in [4.69, 9.17) is 4.74 Å². The maximum Gasteiger partial charge on any atom is 0.119 e. The molecule has 0 N–H and O–H groups in total. The van der Waals surface area contributed by atoms with Crippen LogP contribution in [0.25, 0.3) is 11.3 Å². The zero-order valence-corrected chi connectivity index (χ0v) is 11.1. The van der Waals surface area contributed by atoms with Gasteiger partial charge < -0.3 is 4.74 Å². The summed E-state index contributed by atoms with van der Waals surface area (Å²) in [5.74, 6) is 2.07. The third-order valence-corrected chi connectivity index (χ3v) is 4.44. The van der Waals surface area contributed by atoms with Crippen molar-refractivity contribution in [3.05, 3.63) is 30.5 Å². The molecule has 94 valence electrons. The van der Waals surface area contributed by atoms with Crippen LogP contribution in [-0.2, 0) is 0 Å². The predicted molar refractivity (Wildman–Crippen MR) is 72.7 cm³/mol. The van der Waals surface area contributed by atoms with Gasteiger partial charge in [-0.2, -0.15) is 0 Å². The molecule has 0 bridgehead atoms. The minimum Gasteiger partial charge on any atom is -0.497 e. The summed E-state index contributed by atoms with van der Waals surface area (Å²) in [6.45, 7) is 0. The number of ether oxygens (including phenoxy) is 1. The summed E-state index contributed by atoms with van der Waals surface area (Å²) in [6.07, 6.45) is 4.48. The van der Waals surface area contributed by atoms with Crippen molar-refractivity contribution in [2.75, 3.05) is 12.9 Å². The smallest absolute Gasteiger partial charge is 0.119 e. The Kier molecular flexibility index (Phi) is 3.23. The van der Waals surface area contributed by atoms with E-state index in [1.165, 1.54) is 18.6 Å². The Morgan fingerprint density at radius 3 is 3.17 bits per heavy atom. The molecule has 2 aromatic rings. The first-order valence-corrected chi connectivity index (χ1v) is 7.09. The molecule has 1 atom stereocenters. The standard InChI is InChI=1S/C13H15N3OS/c1-17-11-5-2-4-10(8-11)12-9-16(15-14-12)13-6-3-7-18-13/h2,4-5,8-9,13H,3,6-7H2,1H3. The average Bonchev–Trinajstić information content (AvgIpc) is 3.09. The number of thioether (sulfide) groups is 1. The summed E-state index contributed by atoms with van der Waals surface area (Å²) in [7, 11) is 1.67. The van der Waals surface area contributed by atoms with Crippen LogP contribution in [0.3, 0.4) is 0 Å². The van der Waals surface area contributed by atoms with Gasteiger partial charge in [0.2, 0.25) is 0 Å². The summed E-state index contributed by atoms with van der Waals surface area (Å²) in [6, 6.07) is 7.91. The number of hydrogen-bond donors (Lipinski definition) is 0. The minimum absolute atomic E-state index is 0.455. The Morgan fingerprint density at radius 2 is 2.39 bits per heavy atom. The molecule has 1 aliphatic heterocycles. The van der Waals surface area contributed by atoms with Gasteiger partial charge in [-0.05, 0) is 30.7 Å². The van der Waals surface area contributed by atoms with Crippen LogP contribution in [0, 0.1) is 0 Å². The molecule has 1 aromatic heterocycles. The molecule has 0 saturated carbocycles. The van der Waals surface area contributed by atoms with Crippen molar-refractivity contribution in [3.63, 3.8) is 0 Å². The Balaban J connectivity index is 1.87. The lowest BCUT2D eigenvalue weighted by atomic mass is 10.1. The van der Waals surface area contributed by atoms with Gasteiger partial charge in [0.05, 0.1) is 18.7 Å². The van der Waals surface area contributed by atoms with Crippen LogP contribution in [0.1, 0.15) is 18.2 Å². The second kappa shape index (κ2) is 5.02. The van der Waals surface area contributed by atoms with Crippen LogP contribution in [0.2, 0.25) is 0 Å². The molecule has 0 spiro atoms. The van der Waals surface area contributed by atoms with Crippen molar-refractivity contribution >= 4 is 11.8 Å². The molecule has 1 aliphatic rings. The normalized spacial score (nSPS) is 19.1. The molecule has 0 amide bonds. The third-order valence-electron chi connectivity index (χ3n) is 3.08. The number of aromatic nitrogens is 3. The Bertz CT molecular complexity index is 535. The highest BCUT2D eigenvalue weighted by atomic mass is 32.2. The summed E-state index contributed by atoms with van der Waals surface area (Å²) < 4.78 is 7.20. The lowest BCUT2D eigenvalue weighted by Crippen LogP contribution is -2.01. The number of nitrogens with zero attached hydrogens (tertiary/aromatic N) is 3. The molecule has 0 radical (unpaired) electrons. The second-order valence-corrected chi connectivity index (χ2v) is 5.57.